The highest BCUT2D eigenvalue weighted by Crippen LogP contribution is 2.15. The van der Waals surface area contributed by atoms with Crippen LogP contribution in [0.5, 0.6) is 0 Å². The molecule has 3 aromatic rings. The van der Waals surface area contributed by atoms with Gasteiger partial charge in [-0.15, -0.1) is 0 Å². The smallest absolute Gasteiger partial charge is 0.287 e. The Bertz CT molecular complexity index is 875. The summed E-state index contributed by atoms with van der Waals surface area (Å²) in [6, 6.07) is 18.2. The zero-order valence-electron chi connectivity index (χ0n) is 13.3. The minimum absolute atomic E-state index is 0.155. The Balaban J connectivity index is 1.58. The van der Waals surface area contributed by atoms with Crippen molar-refractivity contribution in [3.63, 3.8) is 0 Å². The Morgan fingerprint density at radius 3 is 2.44 bits per heavy atom. The van der Waals surface area contributed by atoms with Crippen molar-refractivity contribution in [2.75, 3.05) is 0 Å². The first-order valence-corrected chi connectivity index (χ1v) is 8.98. The molecule has 0 saturated carbocycles. The van der Waals surface area contributed by atoms with E-state index in [0.717, 1.165) is 5.56 Å². The van der Waals surface area contributed by atoms with Crippen molar-refractivity contribution in [2.24, 2.45) is 0 Å². The Morgan fingerprint density at radius 2 is 1.72 bits per heavy atom. The molecule has 1 amide bonds. The van der Waals surface area contributed by atoms with Crippen molar-refractivity contribution in [1.82, 2.24) is 5.32 Å². The van der Waals surface area contributed by atoms with E-state index in [1.807, 2.05) is 18.2 Å². The first-order valence-electron chi connectivity index (χ1n) is 7.66. The minimum atomic E-state index is -1.23. The number of rotatable bonds is 6. The minimum Gasteiger partial charge on any atom is -0.455 e. The van der Waals surface area contributed by atoms with Crippen molar-refractivity contribution in [3.05, 3.63) is 89.6 Å². The fraction of sp³-hybridized carbons (Fsp3) is 0.105. The lowest BCUT2D eigenvalue weighted by atomic mass is 10.2. The fourth-order valence-electron chi connectivity index (χ4n) is 2.23. The van der Waals surface area contributed by atoms with Gasteiger partial charge in [0.25, 0.3) is 5.91 Å². The van der Waals surface area contributed by atoms with Gasteiger partial charge in [-0.1, -0.05) is 30.3 Å². The van der Waals surface area contributed by atoms with E-state index in [1.165, 1.54) is 12.1 Å². The molecule has 4 nitrogen and oxygen atoms in total. The number of carbonyl (C=O) groups excluding carboxylic acids is 1. The molecule has 0 aliphatic carbocycles. The summed E-state index contributed by atoms with van der Waals surface area (Å²) in [7, 11) is -1.23. The SMILES string of the molecule is O=C(NCc1ccc(F)cc1)c1ccc(C[S@](=O)c2ccccc2)o1. The summed E-state index contributed by atoms with van der Waals surface area (Å²) in [5.41, 5.74) is 0.784. The van der Waals surface area contributed by atoms with E-state index in [4.69, 9.17) is 4.42 Å². The maximum atomic E-state index is 12.9. The Labute approximate surface area is 147 Å². The first-order chi connectivity index (χ1) is 12.1. The number of hydrogen-bond donors (Lipinski definition) is 1. The highest BCUT2D eigenvalue weighted by atomic mass is 32.2. The average molecular weight is 357 g/mol. The molecular formula is C19H16FNO3S. The molecular weight excluding hydrogens is 341 g/mol. The summed E-state index contributed by atoms with van der Waals surface area (Å²) in [5.74, 6) is 0.143. The molecule has 0 radical (unpaired) electrons. The van der Waals surface area contributed by atoms with E-state index in [2.05, 4.69) is 5.32 Å². The van der Waals surface area contributed by atoms with Crippen LogP contribution in [0, 0.1) is 5.82 Å². The van der Waals surface area contributed by atoms with Crippen LogP contribution in [0.3, 0.4) is 0 Å². The van der Waals surface area contributed by atoms with Crippen LogP contribution in [0.2, 0.25) is 0 Å². The maximum Gasteiger partial charge on any atom is 0.287 e. The molecule has 0 aliphatic heterocycles. The summed E-state index contributed by atoms with van der Waals surface area (Å²) in [5, 5.41) is 2.70. The lowest BCUT2D eigenvalue weighted by Crippen LogP contribution is -2.22. The van der Waals surface area contributed by atoms with E-state index in [9.17, 15) is 13.4 Å². The second-order valence-corrected chi connectivity index (χ2v) is 6.83. The average Bonchev–Trinajstić information content (AvgIpc) is 3.10. The van der Waals surface area contributed by atoms with Crippen molar-refractivity contribution >= 4 is 16.7 Å². The number of halogens is 1. The van der Waals surface area contributed by atoms with Crippen LogP contribution in [0.4, 0.5) is 4.39 Å². The van der Waals surface area contributed by atoms with Gasteiger partial charge >= 0.3 is 0 Å². The van der Waals surface area contributed by atoms with Crippen LogP contribution in [0.15, 0.2) is 76.0 Å². The number of benzene rings is 2. The number of amides is 1. The molecule has 0 bridgehead atoms. The maximum absolute atomic E-state index is 12.9. The second-order valence-electron chi connectivity index (χ2n) is 5.38. The Morgan fingerprint density at radius 1 is 1.00 bits per heavy atom. The first kappa shape index (κ1) is 17.1. The number of carbonyl (C=O) groups is 1. The number of furan rings is 1. The van der Waals surface area contributed by atoms with Gasteiger partial charge < -0.3 is 9.73 Å². The fourth-order valence-corrected chi connectivity index (χ4v) is 3.27. The summed E-state index contributed by atoms with van der Waals surface area (Å²) >= 11 is 0. The highest BCUT2D eigenvalue weighted by Gasteiger charge is 2.13. The van der Waals surface area contributed by atoms with E-state index >= 15 is 0 Å². The van der Waals surface area contributed by atoms with E-state index in [-0.39, 0.29) is 29.8 Å². The molecule has 0 spiro atoms. The quantitative estimate of drug-likeness (QED) is 0.732. The van der Waals surface area contributed by atoms with Gasteiger partial charge in [-0.2, -0.15) is 0 Å². The predicted molar refractivity (Wildman–Crippen MR) is 92.8 cm³/mol. The van der Waals surface area contributed by atoms with E-state index in [1.54, 1.807) is 36.4 Å². The van der Waals surface area contributed by atoms with Crippen LogP contribution < -0.4 is 5.32 Å². The topological polar surface area (TPSA) is 59.3 Å². The molecule has 0 unspecified atom stereocenters. The number of nitrogens with one attached hydrogen (secondary N) is 1. The van der Waals surface area contributed by atoms with Gasteiger partial charge in [0.1, 0.15) is 11.6 Å². The molecule has 1 heterocycles. The standard InChI is InChI=1S/C19H16FNO3S/c20-15-8-6-14(7-9-15)12-21-19(22)18-11-10-16(24-18)13-25(23)17-4-2-1-3-5-17/h1-11H,12-13H2,(H,21,22)/t25-/m0/s1. The van der Waals surface area contributed by atoms with Crippen LogP contribution >= 0.6 is 0 Å². The molecule has 0 saturated heterocycles. The molecule has 6 heteroatoms. The van der Waals surface area contributed by atoms with E-state index < -0.39 is 10.8 Å². The van der Waals surface area contributed by atoms with Crippen LogP contribution in [-0.2, 0) is 23.1 Å². The lowest BCUT2D eigenvalue weighted by molar-refractivity contribution is 0.0921. The van der Waals surface area contributed by atoms with Crippen molar-refractivity contribution in [2.45, 2.75) is 17.2 Å². The molecule has 3 rings (SSSR count). The summed E-state index contributed by atoms with van der Waals surface area (Å²) in [6.07, 6.45) is 0. The molecule has 128 valence electrons. The van der Waals surface area contributed by atoms with Crippen molar-refractivity contribution in [1.29, 1.82) is 0 Å². The van der Waals surface area contributed by atoms with Gasteiger partial charge in [-0.05, 0) is 42.0 Å². The summed E-state index contributed by atoms with van der Waals surface area (Å²) in [6.45, 7) is 0.269. The summed E-state index contributed by atoms with van der Waals surface area (Å²) < 4.78 is 30.6. The Kier molecular flexibility index (Phi) is 5.40. The normalized spacial score (nSPS) is 11.9. The van der Waals surface area contributed by atoms with Crippen LogP contribution in [0.1, 0.15) is 21.9 Å². The zero-order chi connectivity index (χ0) is 17.6. The largest absolute Gasteiger partial charge is 0.455 e. The molecule has 1 aromatic heterocycles. The van der Waals surface area contributed by atoms with E-state index in [0.29, 0.717) is 10.7 Å². The molecule has 1 atom stereocenters. The monoisotopic (exact) mass is 357 g/mol. The van der Waals surface area contributed by atoms with Crippen LogP contribution in [-0.4, -0.2) is 10.1 Å². The third kappa shape index (κ3) is 4.64. The number of hydrogen-bond acceptors (Lipinski definition) is 3. The Hall–Kier alpha value is -2.73. The molecule has 0 aliphatic rings. The molecule has 1 N–H and O–H groups in total. The molecule has 2 aromatic carbocycles. The summed E-state index contributed by atoms with van der Waals surface area (Å²) in [4.78, 5) is 12.8. The van der Waals surface area contributed by atoms with Gasteiger partial charge in [-0.3, -0.25) is 9.00 Å². The highest BCUT2D eigenvalue weighted by molar-refractivity contribution is 7.84. The van der Waals surface area contributed by atoms with Crippen molar-refractivity contribution in [3.8, 4) is 0 Å². The molecule has 25 heavy (non-hydrogen) atoms. The lowest BCUT2D eigenvalue weighted by Gasteiger charge is -2.03. The van der Waals surface area contributed by atoms with Gasteiger partial charge in [0, 0.05) is 11.4 Å². The van der Waals surface area contributed by atoms with Gasteiger partial charge in [0.15, 0.2) is 5.76 Å². The van der Waals surface area contributed by atoms with Crippen LogP contribution in [0.25, 0.3) is 0 Å². The third-order valence-electron chi connectivity index (χ3n) is 3.53. The second kappa shape index (κ2) is 7.90. The third-order valence-corrected chi connectivity index (χ3v) is 4.88. The van der Waals surface area contributed by atoms with Gasteiger partial charge in [0.05, 0.1) is 16.6 Å². The zero-order valence-corrected chi connectivity index (χ0v) is 14.1. The predicted octanol–water partition coefficient (Wildman–Crippen LogP) is 3.66. The molecule has 0 fully saturated rings. The van der Waals surface area contributed by atoms with Gasteiger partial charge in [0.2, 0.25) is 0 Å². The van der Waals surface area contributed by atoms with Crippen molar-refractivity contribution < 1.29 is 17.8 Å². The van der Waals surface area contributed by atoms with Gasteiger partial charge in [-0.25, -0.2) is 4.39 Å².